The highest BCUT2D eigenvalue weighted by atomic mass is 16.4. The van der Waals surface area contributed by atoms with Gasteiger partial charge in [0.1, 0.15) is 6.04 Å². The molecule has 1 aliphatic heterocycles. The Morgan fingerprint density at radius 2 is 2.40 bits per heavy atom. The summed E-state index contributed by atoms with van der Waals surface area (Å²) in [4.78, 5) is 10.3. The lowest BCUT2D eigenvalue weighted by Gasteiger charge is -2.12. The topological polar surface area (TPSA) is 69.6 Å². The number of aliphatic carboxylic acids is 1. The molecule has 2 atom stereocenters. The molecule has 4 heteroatoms. The van der Waals surface area contributed by atoms with E-state index in [-0.39, 0.29) is 0 Å². The molecule has 0 aromatic rings. The third-order valence-corrected chi connectivity index (χ3v) is 1.67. The number of carbonyl (C=O) groups is 1. The van der Waals surface area contributed by atoms with Gasteiger partial charge in [-0.1, -0.05) is 0 Å². The first-order valence-corrected chi connectivity index (χ1v) is 3.20. The van der Waals surface area contributed by atoms with E-state index in [1.54, 1.807) is 6.92 Å². The van der Waals surface area contributed by atoms with Gasteiger partial charge in [-0.15, -0.1) is 0 Å². The van der Waals surface area contributed by atoms with E-state index in [2.05, 4.69) is 5.32 Å². The molecule has 0 aromatic heterocycles. The van der Waals surface area contributed by atoms with Crippen LogP contribution < -0.4 is 5.32 Å². The van der Waals surface area contributed by atoms with Crippen LogP contribution in [-0.4, -0.2) is 34.4 Å². The summed E-state index contributed by atoms with van der Waals surface area (Å²) in [5, 5.41) is 20.5. The van der Waals surface area contributed by atoms with Crippen LogP contribution in [-0.2, 0) is 4.79 Å². The minimum Gasteiger partial charge on any atom is -0.480 e. The number of carboxylic acids is 1. The molecule has 3 N–H and O–H groups in total. The quantitative estimate of drug-likeness (QED) is 0.451. The molecule has 1 saturated heterocycles. The van der Waals surface area contributed by atoms with Crippen molar-refractivity contribution in [3.05, 3.63) is 0 Å². The maximum Gasteiger partial charge on any atom is 0.320 e. The SMILES string of the molecule is C[C@]1(O)CN[C@H](C(=O)O)C1. The van der Waals surface area contributed by atoms with Crippen LogP contribution in [0.5, 0.6) is 0 Å². The van der Waals surface area contributed by atoms with Crippen LogP contribution in [0.1, 0.15) is 13.3 Å². The molecule has 0 unspecified atom stereocenters. The van der Waals surface area contributed by atoms with Gasteiger partial charge in [-0.05, 0) is 6.92 Å². The molecule has 0 spiro atoms. The third kappa shape index (κ3) is 1.46. The lowest BCUT2D eigenvalue weighted by molar-refractivity contribution is -0.139. The molecule has 0 amide bonds. The molecular formula is C6H11NO3. The first-order chi connectivity index (χ1) is 4.51. The van der Waals surface area contributed by atoms with E-state index in [0.29, 0.717) is 13.0 Å². The Morgan fingerprint density at radius 1 is 1.80 bits per heavy atom. The smallest absolute Gasteiger partial charge is 0.320 e. The standard InChI is InChI=1S/C6H11NO3/c1-6(10)2-4(5(8)9)7-3-6/h4,7,10H,2-3H2,1H3,(H,8,9)/t4-,6+/m0/s1. The highest BCUT2D eigenvalue weighted by Crippen LogP contribution is 2.17. The fraction of sp³-hybridized carbons (Fsp3) is 0.833. The van der Waals surface area contributed by atoms with Gasteiger partial charge < -0.3 is 15.5 Å². The first-order valence-electron chi connectivity index (χ1n) is 3.20. The second kappa shape index (κ2) is 2.21. The van der Waals surface area contributed by atoms with Crippen molar-refractivity contribution in [1.29, 1.82) is 0 Å². The zero-order valence-electron chi connectivity index (χ0n) is 5.79. The molecule has 0 aromatic carbocycles. The minimum atomic E-state index is -0.891. The first kappa shape index (κ1) is 7.50. The summed E-state index contributed by atoms with van der Waals surface area (Å²) < 4.78 is 0. The van der Waals surface area contributed by atoms with Crippen molar-refractivity contribution < 1.29 is 15.0 Å². The number of hydrogen-bond donors (Lipinski definition) is 3. The summed E-state index contributed by atoms with van der Waals surface area (Å²) in [6.45, 7) is 1.99. The van der Waals surface area contributed by atoms with E-state index in [0.717, 1.165) is 0 Å². The molecule has 10 heavy (non-hydrogen) atoms. The molecular weight excluding hydrogens is 134 g/mol. The van der Waals surface area contributed by atoms with E-state index in [1.165, 1.54) is 0 Å². The largest absolute Gasteiger partial charge is 0.480 e. The fourth-order valence-corrected chi connectivity index (χ4v) is 1.10. The van der Waals surface area contributed by atoms with Gasteiger partial charge in [0.25, 0.3) is 0 Å². The molecule has 0 saturated carbocycles. The summed E-state index contributed by atoms with van der Waals surface area (Å²) in [5.74, 6) is -0.891. The van der Waals surface area contributed by atoms with E-state index >= 15 is 0 Å². The number of rotatable bonds is 1. The van der Waals surface area contributed by atoms with Gasteiger partial charge in [-0.2, -0.15) is 0 Å². The van der Waals surface area contributed by atoms with Crippen LogP contribution in [0.2, 0.25) is 0 Å². The molecule has 58 valence electrons. The fourth-order valence-electron chi connectivity index (χ4n) is 1.10. The van der Waals surface area contributed by atoms with Crippen LogP contribution in [0.25, 0.3) is 0 Å². The van der Waals surface area contributed by atoms with Gasteiger partial charge >= 0.3 is 5.97 Å². The molecule has 1 aliphatic rings. The van der Waals surface area contributed by atoms with Gasteiger partial charge in [0, 0.05) is 13.0 Å². The zero-order chi connectivity index (χ0) is 7.78. The second-order valence-electron chi connectivity index (χ2n) is 2.97. The van der Waals surface area contributed by atoms with Crippen molar-refractivity contribution in [1.82, 2.24) is 5.32 Å². The van der Waals surface area contributed by atoms with Crippen LogP contribution in [0.4, 0.5) is 0 Å². The van der Waals surface area contributed by atoms with Crippen molar-refractivity contribution in [2.75, 3.05) is 6.54 Å². The van der Waals surface area contributed by atoms with E-state index in [4.69, 9.17) is 5.11 Å². The van der Waals surface area contributed by atoms with Crippen molar-refractivity contribution >= 4 is 5.97 Å². The minimum absolute atomic E-state index is 0.294. The van der Waals surface area contributed by atoms with Gasteiger partial charge in [-0.3, -0.25) is 4.79 Å². The number of nitrogens with one attached hydrogen (secondary N) is 1. The van der Waals surface area contributed by atoms with Gasteiger partial charge in [0.2, 0.25) is 0 Å². The zero-order valence-corrected chi connectivity index (χ0v) is 5.79. The molecule has 0 bridgehead atoms. The third-order valence-electron chi connectivity index (χ3n) is 1.67. The molecule has 1 fully saturated rings. The average molecular weight is 145 g/mol. The Balaban J connectivity index is 2.51. The highest BCUT2D eigenvalue weighted by Gasteiger charge is 2.36. The maximum atomic E-state index is 10.3. The predicted octanol–water partition coefficient (Wildman–Crippen LogP) is -0.816. The van der Waals surface area contributed by atoms with Crippen molar-refractivity contribution in [2.45, 2.75) is 25.0 Å². The second-order valence-corrected chi connectivity index (χ2v) is 2.97. The van der Waals surface area contributed by atoms with Crippen molar-refractivity contribution in [3.63, 3.8) is 0 Å². The Bertz CT molecular complexity index is 155. The average Bonchev–Trinajstić information content (AvgIpc) is 2.10. The van der Waals surface area contributed by atoms with Crippen LogP contribution in [0, 0.1) is 0 Å². The maximum absolute atomic E-state index is 10.3. The van der Waals surface area contributed by atoms with E-state index in [9.17, 15) is 9.90 Å². The Labute approximate surface area is 58.9 Å². The van der Waals surface area contributed by atoms with Crippen molar-refractivity contribution in [2.24, 2.45) is 0 Å². The van der Waals surface area contributed by atoms with Gasteiger partial charge in [-0.25, -0.2) is 0 Å². The molecule has 0 radical (unpaired) electrons. The summed E-state index contributed by atoms with van der Waals surface area (Å²) in [5.41, 5.74) is -0.844. The van der Waals surface area contributed by atoms with Crippen LogP contribution >= 0.6 is 0 Å². The summed E-state index contributed by atoms with van der Waals surface area (Å²) in [7, 11) is 0. The van der Waals surface area contributed by atoms with E-state index in [1.807, 2.05) is 0 Å². The van der Waals surface area contributed by atoms with E-state index < -0.39 is 17.6 Å². The van der Waals surface area contributed by atoms with Gasteiger partial charge in [0.15, 0.2) is 0 Å². The summed E-state index contributed by atoms with van der Waals surface area (Å²) in [6.07, 6.45) is 0.294. The number of carboxylic acid groups (broad SMARTS) is 1. The molecule has 1 rings (SSSR count). The lowest BCUT2D eigenvalue weighted by Crippen LogP contribution is -2.30. The van der Waals surface area contributed by atoms with Gasteiger partial charge in [0.05, 0.1) is 5.60 Å². The Morgan fingerprint density at radius 3 is 2.60 bits per heavy atom. The summed E-state index contributed by atoms with van der Waals surface area (Å²) in [6, 6.07) is -0.574. The Hall–Kier alpha value is -0.610. The normalized spacial score (nSPS) is 40.0. The highest BCUT2D eigenvalue weighted by molar-refractivity contribution is 5.74. The van der Waals surface area contributed by atoms with Crippen molar-refractivity contribution in [3.8, 4) is 0 Å². The predicted molar refractivity (Wildman–Crippen MR) is 34.7 cm³/mol. The molecule has 4 nitrogen and oxygen atoms in total. The summed E-state index contributed by atoms with van der Waals surface area (Å²) >= 11 is 0. The molecule has 0 aliphatic carbocycles. The number of β-amino-alcohol motifs (C(OH)–C–C–N with tert-alkyl or cyclic N) is 1. The number of hydrogen-bond acceptors (Lipinski definition) is 3. The number of aliphatic hydroxyl groups is 1. The van der Waals surface area contributed by atoms with Crippen LogP contribution in [0.15, 0.2) is 0 Å². The molecule has 1 heterocycles. The Kier molecular flexibility index (Phi) is 1.66. The van der Waals surface area contributed by atoms with Crippen LogP contribution in [0.3, 0.4) is 0 Å². The lowest BCUT2D eigenvalue weighted by atomic mass is 10.0. The monoisotopic (exact) mass is 145 g/mol.